The van der Waals surface area contributed by atoms with Crippen LogP contribution in [-0.2, 0) is 13.1 Å². The van der Waals surface area contributed by atoms with Crippen LogP contribution in [0.2, 0.25) is 0 Å². The Morgan fingerprint density at radius 1 is 1.33 bits per heavy atom. The molecular weight excluding hydrogens is 322 g/mol. The van der Waals surface area contributed by atoms with Crippen molar-refractivity contribution in [3.63, 3.8) is 0 Å². The quantitative estimate of drug-likeness (QED) is 0.733. The van der Waals surface area contributed by atoms with E-state index < -0.39 is 0 Å². The van der Waals surface area contributed by atoms with Gasteiger partial charge in [-0.3, -0.25) is 9.59 Å². The molecule has 0 N–H and O–H groups in total. The number of hydrogen-bond acceptors (Lipinski definition) is 4. The smallest absolute Gasteiger partial charge is 0.272 e. The molecule has 0 saturated heterocycles. The minimum absolute atomic E-state index is 0.0585. The summed E-state index contributed by atoms with van der Waals surface area (Å²) < 4.78 is 1.68. The molecule has 1 amide bonds. The van der Waals surface area contributed by atoms with Gasteiger partial charge in [0.05, 0.1) is 11.0 Å². The molecule has 0 bridgehead atoms. The van der Waals surface area contributed by atoms with Crippen molar-refractivity contribution in [1.82, 2.24) is 14.5 Å². The summed E-state index contributed by atoms with van der Waals surface area (Å²) >= 11 is 1.62. The highest BCUT2D eigenvalue weighted by Gasteiger charge is 2.15. The Morgan fingerprint density at radius 2 is 2.12 bits per heavy atom. The van der Waals surface area contributed by atoms with Gasteiger partial charge in [-0.2, -0.15) is 11.3 Å². The fraction of sp³-hybridized carbons (Fsp3) is 0.278. The number of aryl methyl sites for hydroxylation is 2. The molecule has 6 heteroatoms. The van der Waals surface area contributed by atoms with E-state index in [4.69, 9.17) is 0 Å². The summed E-state index contributed by atoms with van der Waals surface area (Å²) in [6, 6.07) is 7.34. The van der Waals surface area contributed by atoms with Crippen molar-refractivity contribution in [3.05, 3.63) is 62.2 Å². The van der Waals surface area contributed by atoms with Gasteiger partial charge in [0.2, 0.25) is 0 Å². The summed E-state index contributed by atoms with van der Waals surface area (Å²) in [5, 5.41) is 4.04. The SMILES string of the molecule is CCn1c(=O)c(C)nc2cc(C(=O)N(C)Cc3ccsc3)ccc21. The van der Waals surface area contributed by atoms with Gasteiger partial charge in [0.25, 0.3) is 11.5 Å². The number of amides is 1. The number of rotatable bonds is 4. The summed E-state index contributed by atoms with van der Waals surface area (Å²) in [7, 11) is 1.79. The molecule has 1 aromatic carbocycles. The number of benzene rings is 1. The van der Waals surface area contributed by atoms with Crippen molar-refractivity contribution in [2.24, 2.45) is 0 Å². The zero-order valence-electron chi connectivity index (χ0n) is 13.9. The lowest BCUT2D eigenvalue weighted by Gasteiger charge is -2.17. The van der Waals surface area contributed by atoms with E-state index in [2.05, 4.69) is 4.98 Å². The van der Waals surface area contributed by atoms with Crippen LogP contribution in [0.4, 0.5) is 0 Å². The van der Waals surface area contributed by atoms with Gasteiger partial charge in [-0.05, 0) is 54.4 Å². The molecule has 3 rings (SSSR count). The van der Waals surface area contributed by atoms with Crippen LogP contribution >= 0.6 is 11.3 Å². The zero-order valence-corrected chi connectivity index (χ0v) is 14.8. The topological polar surface area (TPSA) is 55.2 Å². The Labute approximate surface area is 144 Å². The Hall–Kier alpha value is -2.47. The molecule has 0 atom stereocenters. The Morgan fingerprint density at radius 3 is 2.79 bits per heavy atom. The van der Waals surface area contributed by atoms with E-state index in [1.807, 2.05) is 23.8 Å². The van der Waals surface area contributed by atoms with Crippen molar-refractivity contribution in [3.8, 4) is 0 Å². The van der Waals surface area contributed by atoms with E-state index in [0.29, 0.717) is 29.9 Å². The van der Waals surface area contributed by atoms with Crippen LogP contribution in [-0.4, -0.2) is 27.4 Å². The summed E-state index contributed by atoms with van der Waals surface area (Å²) in [6.07, 6.45) is 0. The number of carbonyl (C=O) groups excluding carboxylic acids is 1. The first kappa shape index (κ1) is 16.4. The van der Waals surface area contributed by atoms with Crippen molar-refractivity contribution in [1.29, 1.82) is 0 Å². The summed E-state index contributed by atoms with van der Waals surface area (Å²) in [5.41, 5.74) is 3.48. The molecule has 2 heterocycles. The third-order valence-corrected chi connectivity index (χ3v) is 4.75. The number of nitrogens with zero attached hydrogens (tertiary/aromatic N) is 3. The number of aromatic nitrogens is 2. The molecule has 124 valence electrons. The fourth-order valence-corrected chi connectivity index (χ4v) is 3.43. The first-order chi connectivity index (χ1) is 11.5. The Bertz CT molecular complexity index is 945. The first-order valence-electron chi connectivity index (χ1n) is 7.79. The Balaban J connectivity index is 1.97. The molecule has 0 aliphatic carbocycles. The molecule has 0 aliphatic rings. The van der Waals surface area contributed by atoms with E-state index in [0.717, 1.165) is 11.1 Å². The van der Waals surface area contributed by atoms with Gasteiger partial charge in [0.1, 0.15) is 5.69 Å². The molecule has 0 saturated carbocycles. The van der Waals surface area contributed by atoms with Gasteiger partial charge in [0.15, 0.2) is 0 Å². The third kappa shape index (κ3) is 2.97. The fourth-order valence-electron chi connectivity index (χ4n) is 2.77. The van der Waals surface area contributed by atoms with Gasteiger partial charge >= 0.3 is 0 Å². The van der Waals surface area contributed by atoms with Crippen LogP contribution in [0.15, 0.2) is 39.8 Å². The average Bonchev–Trinajstić information content (AvgIpc) is 3.08. The normalized spacial score (nSPS) is 11.0. The Kier molecular flexibility index (Phi) is 4.49. The van der Waals surface area contributed by atoms with Crippen molar-refractivity contribution < 1.29 is 4.79 Å². The van der Waals surface area contributed by atoms with Gasteiger partial charge in [-0.15, -0.1) is 0 Å². The molecule has 0 radical (unpaired) electrons. The molecule has 5 nitrogen and oxygen atoms in total. The lowest BCUT2D eigenvalue weighted by molar-refractivity contribution is 0.0785. The van der Waals surface area contributed by atoms with E-state index >= 15 is 0 Å². The van der Waals surface area contributed by atoms with E-state index in [1.54, 1.807) is 53.0 Å². The van der Waals surface area contributed by atoms with E-state index in [1.165, 1.54) is 0 Å². The lowest BCUT2D eigenvalue weighted by atomic mass is 10.1. The van der Waals surface area contributed by atoms with Gasteiger partial charge in [0, 0.05) is 25.7 Å². The lowest BCUT2D eigenvalue weighted by Crippen LogP contribution is -2.26. The first-order valence-corrected chi connectivity index (χ1v) is 8.73. The summed E-state index contributed by atoms with van der Waals surface area (Å²) in [4.78, 5) is 30.8. The minimum atomic E-state index is -0.0846. The molecule has 0 spiro atoms. The largest absolute Gasteiger partial charge is 0.337 e. The molecule has 3 aromatic rings. The molecule has 0 fully saturated rings. The predicted molar refractivity (Wildman–Crippen MR) is 96.5 cm³/mol. The second kappa shape index (κ2) is 6.57. The van der Waals surface area contributed by atoms with Crippen LogP contribution < -0.4 is 5.56 Å². The second-order valence-electron chi connectivity index (χ2n) is 5.74. The number of fused-ring (bicyclic) bond motifs is 1. The third-order valence-electron chi connectivity index (χ3n) is 4.02. The maximum absolute atomic E-state index is 12.7. The zero-order chi connectivity index (χ0) is 17.3. The van der Waals surface area contributed by atoms with Crippen molar-refractivity contribution in [2.75, 3.05) is 7.05 Å². The van der Waals surface area contributed by atoms with Crippen LogP contribution in [0.25, 0.3) is 11.0 Å². The molecular formula is C18H19N3O2S. The number of carbonyl (C=O) groups is 1. The van der Waals surface area contributed by atoms with Crippen LogP contribution in [0.3, 0.4) is 0 Å². The standard InChI is InChI=1S/C18H19N3O2S/c1-4-21-16-6-5-14(9-15(16)19-12(2)17(21)22)18(23)20(3)10-13-7-8-24-11-13/h5-9,11H,4,10H2,1-3H3. The van der Waals surface area contributed by atoms with Crippen LogP contribution in [0, 0.1) is 6.92 Å². The number of hydrogen-bond donors (Lipinski definition) is 0. The highest BCUT2D eigenvalue weighted by atomic mass is 32.1. The molecule has 0 aliphatic heterocycles. The monoisotopic (exact) mass is 341 g/mol. The predicted octanol–water partition coefficient (Wildman–Crippen LogP) is 3.06. The van der Waals surface area contributed by atoms with Gasteiger partial charge in [-0.25, -0.2) is 4.98 Å². The van der Waals surface area contributed by atoms with E-state index in [9.17, 15) is 9.59 Å². The second-order valence-corrected chi connectivity index (χ2v) is 6.52. The van der Waals surface area contributed by atoms with E-state index in [-0.39, 0.29) is 11.5 Å². The summed E-state index contributed by atoms with van der Waals surface area (Å²) in [6.45, 7) is 4.77. The molecule has 0 unspecified atom stereocenters. The molecule has 24 heavy (non-hydrogen) atoms. The average molecular weight is 341 g/mol. The van der Waals surface area contributed by atoms with Crippen molar-refractivity contribution >= 4 is 28.3 Å². The van der Waals surface area contributed by atoms with Gasteiger partial charge < -0.3 is 9.47 Å². The minimum Gasteiger partial charge on any atom is -0.337 e. The van der Waals surface area contributed by atoms with Crippen LogP contribution in [0.5, 0.6) is 0 Å². The maximum atomic E-state index is 12.7. The van der Waals surface area contributed by atoms with Gasteiger partial charge in [-0.1, -0.05) is 0 Å². The van der Waals surface area contributed by atoms with Crippen LogP contribution in [0.1, 0.15) is 28.5 Å². The number of thiophene rings is 1. The molecule has 2 aromatic heterocycles. The summed E-state index contributed by atoms with van der Waals surface area (Å²) in [5.74, 6) is -0.0585. The maximum Gasteiger partial charge on any atom is 0.272 e. The highest BCUT2D eigenvalue weighted by Crippen LogP contribution is 2.16. The van der Waals surface area contributed by atoms with Crippen molar-refractivity contribution in [2.45, 2.75) is 26.9 Å². The highest BCUT2D eigenvalue weighted by molar-refractivity contribution is 7.07.